The number of hydrogen-bond donors (Lipinski definition) is 2. The van der Waals surface area contributed by atoms with Gasteiger partial charge in [-0.15, -0.1) is 0 Å². The van der Waals surface area contributed by atoms with E-state index in [-0.39, 0.29) is 18.0 Å². The van der Waals surface area contributed by atoms with Crippen LogP contribution in [-0.4, -0.2) is 46.0 Å². The highest BCUT2D eigenvalue weighted by Gasteiger charge is 2.26. The van der Waals surface area contributed by atoms with Crippen LogP contribution in [0.15, 0.2) is 30.7 Å². The van der Waals surface area contributed by atoms with Crippen molar-refractivity contribution < 1.29 is 13.6 Å². The maximum atomic E-state index is 13.4. The predicted octanol–water partition coefficient (Wildman–Crippen LogP) is 3.89. The fourth-order valence-corrected chi connectivity index (χ4v) is 4.07. The Hall–Kier alpha value is -2.32. The summed E-state index contributed by atoms with van der Waals surface area (Å²) in [5.41, 5.74) is 0.322. The van der Waals surface area contributed by atoms with E-state index >= 15 is 0 Å². The second kappa shape index (κ2) is 10.3. The monoisotopic (exact) mass is 433 g/mol. The zero-order valence-corrected chi connectivity index (χ0v) is 18.6. The van der Waals surface area contributed by atoms with Gasteiger partial charge in [0.2, 0.25) is 5.91 Å². The Bertz CT molecular complexity index is 856. The summed E-state index contributed by atoms with van der Waals surface area (Å²) >= 11 is 0. The fraction of sp³-hybridized carbons (Fsp3) is 0.565. The number of anilines is 1. The summed E-state index contributed by atoms with van der Waals surface area (Å²) in [4.78, 5) is 19.6. The Morgan fingerprint density at radius 2 is 1.87 bits per heavy atom. The van der Waals surface area contributed by atoms with Gasteiger partial charge in [0.1, 0.15) is 11.6 Å². The molecule has 3 rings (SSSR count). The first-order valence-corrected chi connectivity index (χ1v) is 11.0. The van der Waals surface area contributed by atoms with Gasteiger partial charge in [0.05, 0.1) is 17.9 Å². The number of halogens is 2. The molecular weight excluding hydrogens is 400 g/mol. The van der Waals surface area contributed by atoms with Crippen LogP contribution in [0.5, 0.6) is 0 Å². The standard InChI is InChI=1S/C23H33F2N5O/c1-4-7-20(26-13-17-10-18(24)12-19(25)11-17)22(31)28-21-14-30(16-27-21)23(2,3)15-29-8-5-6-9-29/h10-12,14,16,20,26H,4-9,13,15H2,1-3H3,(H,28,31)/t20-/m0/s1. The number of benzene rings is 1. The van der Waals surface area contributed by atoms with Crippen molar-refractivity contribution in [1.29, 1.82) is 0 Å². The quantitative estimate of drug-likeness (QED) is 0.597. The van der Waals surface area contributed by atoms with Crippen LogP contribution in [0.1, 0.15) is 52.0 Å². The molecule has 1 aliphatic heterocycles. The van der Waals surface area contributed by atoms with Gasteiger partial charge in [-0.25, -0.2) is 13.8 Å². The average molecular weight is 434 g/mol. The zero-order valence-electron chi connectivity index (χ0n) is 18.6. The largest absolute Gasteiger partial charge is 0.328 e. The Balaban J connectivity index is 1.60. The first-order chi connectivity index (χ1) is 14.8. The van der Waals surface area contributed by atoms with Gasteiger partial charge in [0.25, 0.3) is 0 Å². The molecule has 1 aliphatic rings. The lowest BCUT2D eigenvalue weighted by Gasteiger charge is -2.31. The SMILES string of the molecule is CCC[C@H](NCc1cc(F)cc(F)c1)C(=O)Nc1cn(C(C)(C)CN2CCCC2)cn1. The molecule has 8 heteroatoms. The molecule has 1 amide bonds. The zero-order chi connectivity index (χ0) is 22.4. The summed E-state index contributed by atoms with van der Waals surface area (Å²) in [5.74, 6) is -0.966. The fourth-order valence-electron chi connectivity index (χ4n) is 4.07. The molecule has 0 unspecified atom stereocenters. The number of likely N-dealkylation sites (tertiary alicyclic amines) is 1. The summed E-state index contributed by atoms with van der Waals surface area (Å²) in [5, 5.41) is 5.99. The minimum Gasteiger partial charge on any atom is -0.328 e. The van der Waals surface area contributed by atoms with Crippen molar-refractivity contribution in [3.63, 3.8) is 0 Å². The molecule has 1 saturated heterocycles. The Morgan fingerprint density at radius 3 is 2.52 bits per heavy atom. The number of rotatable bonds is 10. The number of aromatic nitrogens is 2. The first-order valence-electron chi connectivity index (χ1n) is 11.0. The Kier molecular flexibility index (Phi) is 7.78. The first kappa shape index (κ1) is 23.3. The van der Waals surface area contributed by atoms with E-state index < -0.39 is 17.7 Å². The van der Waals surface area contributed by atoms with Crippen molar-refractivity contribution in [3.05, 3.63) is 47.9 Å². The van der Waals surface area contributed by atoms with Gasteiger partial charge in [-0.2, -0.15) is 0 Å². The number of imidazole rings is 1. The highest BCUT2D eigenvalue weighted by atomic mass is 19.1. The number of nitrogens with zero attached hydrogens (tertiary/aromatic N) is 3. The normalized spacial score (nSPS) is 15.9. The topological polar surface area (TPSA) is 62.2 Å². The van der Waals surface area contributed by atoms with Gasteiger partial charge in [-0.05, 0) is 63.9 Å². The van der Waals surface area contributed by atoms with E-state index in [1.165, 1.54) is 25.0 Å². The van der Waals surface area contributed by atoms with Gasteiger partial charge >= 0.3 is 0 Å². The molecule has 1 aromatic carbocycles. The predicted molar refractivity (Wildman–Crippen MR) is 118 cm³/mol. The van der Waals surface area contributed by atoms with Crippen molar-refractivity contribution in [1.82, 2.24) is 19.8 Å². The van der Waals surface area contributed by atoms with E-state index in [9.17, 15) is 13.6 Å². The van der Waals surface area contributed by atoms with Crippen molar-refractivity contribution in [3.8, 4) is 0 Å². The Labute approximate surface area is 183 Å². The third-order valence-corrected chi connectivity index (χ3v) is 5.71. The molecule has 2 aromatic rings. The van der Waals surface area contributed by atoms with Crippen LogP contribution in [0.3, 0.4) is 0 Å². The number of nitrogens with one attached hydrogen (secondary N) is 2. The molecule has 1 aromatic heterocycles. The summed E-state index contributed by atoms with van der Waals surface area (Å²) in [6, 6.07) is 2.88. The summed E-state index contributed by atoms with van der Waals surface area (Å²) < 4.78 is 28.9. The van der Waals surface area contributed by atoms with Gasteiger partial charge in [0, 0.05) is 25.4 Å². The molecule has 0 bridgehead atoms. The lowest BCUT2D eigenvalue weighted by Crippen LogP contribution is -2.40. The highest BCUT2D eigenvalue weighted by molar-refractivity contribution is 5.93. The molecular formula is C23H33F2N5O. The average Bonchev–Trinajstić information content (AvgIpc) is 3.36. The maximum Gasteiger partial charge on any atom is 0.242 e. The van der Waals surface area contributed by atoms with Crippen LogP contribution in [0.2, 0.25) is 0 Å². The van der Waals surface area contributed by atoms with Crippen molar-refractivity contribution in [2.24, 2.45) is 0 Å². The van der Waals surface area contributed by atoms with E-state index in [0.29, 0.717) is 17.8 Å². The van der Waals surface area contributed by atoms with E-state index in [0.717, 1.165) is 32.1 Å². The number of carbonyl (C=O) groups is 1. The number of amides is 1. The minimum atomic E-state index is -0.629. The highest BCUT2D eigenvalue weighted by Crippen LogP contribution is 2.21. The van der Waals surface area contributed by atoms with Crippen molar-refractivity contribution in [2.75, 3.05) is 25.0 Å². The van der Waals surface area contributed by atoms with Gasteiger partial charge in [-0.3, -0.25) is 4.79 Å². The van der Waals surface area contributed by atoms with E-state index in [2.05, 4.69) is 34.4 Å². The number of hydrogen-bond acceptors (Lipinski definition) is 4. The van der Waals surface area contributed by atoms with Crippen LogP contribution in [0.4, 0.5) is 14.6 Å². The lowest BCUT2D eigenvalue weighted by molar-refractivity contribution is -0.118. The van der Waals surface area contributed by atoms with Gasteiger partial charge < -0.3 is 20.1 Å². The molecule has 1 fully saturated rings. The van der Waals surface area contributed by atoms with Crippen LogP contribution >= 0.6 is 0 Å². The molecule has 0 radical (unpaired) electrons. The molecule has 0 saturated carbocycles. The van der Waals surface area contributed by atoms with Crippen LogP contribution < -0.4 is 10.6 Å². The number of carbonyl (C=O) groups excluding carboxylic acids is 1. The third-order valence-electron chi connectivity index (χ3n) is 5.71. The second-order valence-corrected chi connectivity index (χ2v) is 8.95. The molecule has 6 nitrogen and oxygen atoms in total. The van der Waals surface area contributed by atoms with Crippen molar-refractivity contribution >= 4 is 11.7 Å². The minimum absolute atomic E-state index is 0.136. The van der Waals surface area contributed by atoms with E-state index in [1.807, 2.05) is 17.7 Å². The van der Waals surface area contributed by atoms with E-state index in [1.54, 1.807) is 6.33 Å². The van der Waals surface area contributed by atoms with Crippen LogP contribution in [0.25, 0.3) is 0 Å². The molecule has 2 N–H and O–H groups in total. The lowest BCUT2D eigenvalue weighted by atomic mass is 10.1. The van der Waals surface area contributed by atoms with Crippen LogP contribution in [0, 0.1) is 11.6 Å². The Morgan fingerprint density at radius 1 is 1.19 bits per heavy atom. The maximum absolute atomic E-state index is 13.4. The molecule has 2 heterocycles. The summed E-state index contributed by atoms with van der Waals surface area (Å²) in [7, 11) is 0. The van der Waals surface area contributed by atoms with Gasteiger partial charge in [0.15, 0.2) is 5.82 Å². The second-order valence-electron chi connectivity index (χ2n) is 8.95. The van der Waals surface area contributed by atoms with Crippen molar-refractivity contribution in [2.45, 2.75) is 64.6 Å². The van der Waals surface area contributed by atoms with E-state index in [4.69, 9.17) is 0 Å². The molecule has 1 atom stereocenters. The molecule has 170 valence electrons. The van der Waals surface area contributed by atoms with Crippen LogP contribution in [-0.2, 0) is 16.9 Å². The molecule has 31 heavy (non-hydrogen) atoms. The molecule has 0 aliphatic carbocycles. The molecule has 0 spiro atoms. The smallest absolute Gasteiger partial charge is 0.242 e. The van der Waals surface area contributed by atoms with Gasteiger partial charge in [-0.1, -0.05) is 13.3 Å². The third kappa shape index (κ3) is 6.58. The summed E-state index contributed by atoms with van der Waals surface area (Å²) in [6.45, 7) is 9.70. The summed E-state index contributed by atoms with van der Waals surface area (Å²) in [6.07, 6.45) is 7.50.